The molecular formula is C16H19NO5. The van der Waals surface area contributed by atoms with Gasteiger partial charge in [0.25, 0.3) is 0 Å². The fourth-order valence-electron chi connectivity index (χ4n) is 2.06. The Labute approximate surface area is 128 Å². The van der Waals surface area contributed by atoms with Crippen molar-refractivity contribution in [2.45, 2.75) is 38.1 Å². The molecular weight excluding hydrogens is 286 g/mol. The van der Waals surface area contributed by atoms with Gasteiger partial charge in [-0.15, -0.1) is 0 Å². The van der Waals surface area contributed by atoms with Gasteiger partial charge in [0, 0.05) is 12.0 Å². The highest BCUT2D eigenvalue weighted by atomic mass is 16.5. The van der Waals surface area contributed by atoms with Gasteiger partial charge in [0.1, 0.15) is 11.3 Å². The topological polar surface area (TPSA) is 92.7 Å². The summed E-state index contributed by atoms with van der Waals surface area (Å²) in [5, 5.41) is 11.5. The summed E-state index contributed by atoms with van der Waals surface area (Å²) in [7, 11) is 0. The average Bonchev–Trinajstić information content (AvgIpc) is 3.25. The van der Waals surface area contributed by atoms with Crippen molar-refractivity contribution in [3.63, 3.8) is 0 Å². The van der Waals surface area contributed by atoms with Crippen molar-refractivity contribution < 1.29 is 24.2 Å². The maximum Gasteiger partial charge on any atom is 0.329 e. The summed E-state index contributed by atoms with van der Waals surface area (Å²) in [6.45, 7) is 1.85. The summed E-state index contributed by atoms with van der Waals surface area (Å²) in [4.78, 5) is 33.7. The summed E-state index contributed by atoms with van der Waals surface area (Å²) in [6, 6.07) is 6.79. The average molecular weight is 305 g/mol. The lowest BCUT2D eigenvalue weighted by molar-refractivity contribution is -0.143. The van der Waals surface area contributed by atoms with Crippen molar-refractivity contribution in [1.29, 1.82) is 0 Å². The number of ether oxygens (including phenoxy) is 1. The molecule has 0 atom stereocenters. The summed E-state index contributed by atoms with van der Waals surface area (Å²) >= 11 is 0. The Bertz CT molecular complexity index is 575. The number of carbonyl (C=O) groups excluding carboxylic acids is 2. The molecule has 0 radical (unpaired) electrons. The van der Waals surface area contributed by atoms with Crippen molar-refractivity contribution in [3.8, 4) is 5.75 Å². The zero-order valence-electron chi connectivity index (χ0n) is 12.4. The van der Waals surface area contributed by atoms with E-state index < -0.39 is 11.5 Å². The van der Waals surface area contributed by atoms with E-state index in [0.29, 0.717) is 37.2 Å². The second kappa shape index (κ2) is 6.60. The molecule has 1 aromatic carbocycles. The molecule has 1 saturated carbocycles. The number of hydrogen-bond donors (Lipinski definition) is 2. The zero-order valence-corrected chi connectivity index (χ0v) is 12.4. The normalized spacial score (nSPS) is 15.0. The van der Waals surface area contributed by atoms with Crippen molar-refractivity contribution in [2.24, 2.45) is 0 Å². The molecule has 22 heavy (non-hydrogen) atoms. The standard InChI is InChI=1S/C16H19NO5/c1-11(18)12-4-6-13(7-5-12)22-10-2-3-14(19)17-16(8-9-16)15(20)21/h4-7H,2-3,8-10H2,1H3,(H,17,19)(H,20,21). The van der Waals surface area contributed by atoms with Gasteiger partial charge in [-0.2, -0.15) is 0 Å². The first-order valence-corrected chi connectivity index (χ1v) is 7.21. The van der Waals surface area contributed by atoms with Crippen LogP contribution in [0.5, 0.6) is 5.75 Å². The van der Waals surface area contributed by atoms with Gasteiger partial charge in [0.05, 0.1) is 6.61 Å². The molecule has 0 heterocycles. The summed E-state index contributed by atoms with van der Waals surface area (Å²) in [6.07, 6.45) is 1.71. The molecule has 6 nitrogen and oxygen atoms in total. The van der Waals surface area contributed by atoms with Crippen LogP contribution in [0, 0.1) is 0 Å². The van der Waals surface area contributed by atoms with Crippen LogP contribution in [0.4, 0.5) is 0 Å². The number of carbonyl (C=O) groups is 3. The third-order valence-electron chi connectivity index (χ3n) is 3.62. The number of Topliss-reactive ketones (excluding diaryl/α,β-unsaturated/α-hetero) is 1. The molecule has 0 bridgehead atoms. The van der Waals surface area contributed by atoms with E-state index in [1.165, 1.54) is 6.92 Å². The van der Waals surface area contributed by atoms with Crippen LogP contribution in [-0.2, 0) is 9.59 Å². The highest BCUT2D eigenvalue weighted by molar-refractivity contribution is 5.94. The molecule has 1 aliphatic carbocycles. The predicted molar refractivity (Wildman–Crippen MR) is 78.9 cm³/mol. The minimum absolute atomic E-state index is 0.00402. The molecule has 1 fully saturated rings. The lowest BCUT2D eigenvalue weighted by Crippen LogP contribution is -2.43. The monoisotopic (exact) mass is 305 g/mol. The van der Waals surface area contributed by atoms with Gasteiger partial charge in [0.2, 0.25) is 5.91 Å². The fourth-order valence-corrected chi connectivity index (χ4v) is 2.06. The van der Waals surface area contributed by atoms with E-state index in [-0.39, 0.29) is 18.1 Å². The number of ketones is 1. The molecule has 2 rings (SSSR count). The van der Waals surface area contributed by atoms with Gasteiger partial charge in [-0.1, -0.05) is 0 Å². The van der Waals surface area contributed by atoms with Gasteiger partial charge in [-0.25, -0.2) is 4.79 Å². The Hall–Kier alpha value is -2.37. The largest absolute Gasteiger partial charge is 0.494 e. The number of nitrogens with one attached hydrogen (secondary N) is 1. The highest BCUT2D eigenvalue weighted by Gasteiger charge is 2.51. The molecule has 6 heteroatoms. The van der Waals surface area contributed by atoms with Gasteiger partial charge < -0.3 is 15.2 Å². The van der Waals surface area contributed by atoms with E-state index in [1.54, 1.807) is 24.3 Å². The van der Waals surface area contributed by atoms with E-state index in [9.17, 15) is 14.4 Å². The zero-order chi connectivity index (χ0) is 16.2. The molecule has 0 aliphatic heterocycles. The van der Waals surface area contributed by atoms with Crippen LogP contribution in [0.25, 0.3) is 0 Å². The van der Waals surface area contributed by atoms with E-state index >= 15 is 0 Å². The SMILES string of the molecule is CC(=O)c1ccc(OCCCC(=O)NC2(C(=O)O)CC2)cc1. The van der Waals surface area contributed by atoms with Crippen molar-refractivity contribution in [2.75, 3.05) is 6.61 Å². The van der Waals surface area contributed by atoms with Gasteiger partial charge in [-0.05, 0) is 50.5 Å². The molecule has 1 amide bonds. The summed E-state index contributed by atoms with van der Waals surface area (Å²) in [5.74, 6) is -0.608. The van der Waals surface area contributed by atoms with E-state index in [1.807, 2.05) is 0 Å². The smallest absolute Gasteiger partial charge is 0.329 e. The van der Waals surface area contributed by atoms with Crippen LogP contribution in [0.2, 0.25) is 0 Å². The maximum atomic E-state index is 11.7. The number of aliphatic carboxylic acids is 1. The number of rotatable bonds is 8. The van der Waals surface area contributed by atoms with Crippen LogP contribution in [-0.4, -0.2) is 34.9 Å². The Morgan fingerprint density at radius 2 is 1.86 bits per heavy atom. The van der Waals surface area contributed by atoms with E-state index in [2.05, 4.69) is 5.32 Å². The molecule has 0 saturated heterocycles. The van der Waals surface area contributed by atoms with Gasteiger partial charge in [0.15, 0.2) is 5.78 Å². The minimum atomic E-state index is -1.03. The third-order valence-corrected chi connectivity index (χ3v) is 3.62. The molecule has 0 unspecified atom stereocenters. The summed E-state index contributed by atoms with van der Waals surface area (Å²) < 4.78 is 5.48. The Morgan fingerprint density at radius 3 is 2.36 bits per heavy atom. The van der Waals surface area contributed by atoms with Gasteiger partial charge in [-0.3, -0.25) is 9.59 Å². The Kier molecular flexibility index (Phi) is 4.80. The number of benzene rings is 1. The van der Waals surface area contributed by atoms with Crippen LogP contribution in [0.3, 0.4) is 0 Å². The second-order valence-electron chi connectivity index (χ2n) is 5.47. The second-order valence-corrected chi connectivity index (χ2v) is 5.47. The number of carboxylic acids is 1. The van der Waals surface area contributed by atoms with Crippen molar-refractivity contribution in [1.82, 2.24) is 5.32 Å². The first-order chi connectivity index (χ1) is 10.4. The van der Waals surface area contributed by atoms with E-state index in [0.717, 1.165) is 0 Å². The first-order valence-electron chi connectivity index (χ1n) is 7.21. The van der Waals surface area contributed by atoms with Crippen LogP contribution < -0.4 is 10.1 Å². The van der Waals surface area contributed by atoms with Crippen LogP contribution in [0.1, 0.15) is 43.0 Å². The van der Waals surface area contributed by atoms with Crippen LogP contribution >= 0.6 is 0 Å². The minimum Gasteiger partial charge on any atom is -0.494 e. The molecule has 0 aromatic heterocycles. The first kappa shape index (κ1) is 16.0. The molecule has 0 spiro atoms. The molecule has 1 aliphatic rings. The lowest BCUT2D eigenvalue weighted by Gasteiger charge is -2.12. The van der Waals surface area contributed by atoms with Crippen LogP contribution in [0.15, 0.2) is 24.3 Å². The third kappa shape index (κ3) is 4.07. The maximum absolute atomic E-state index is 11.7. The lowest BCUT2D eigenvalue weighted by atomic mass is 10.1. The van der Waals surface area contributed by atoms with E-state index in [4.69, 9.17) is 9.84 Å². The molecule has 1 aromatic rings. The summed E-state index contributed by atoms with van der Waals surface area (Å²) in [5.41, 5.74) is -0.407. The predicted octanol–water partition coefficient (Wildman–Crippen LogP) is 1.78. The fraction of sp³-hybridized carbons (Fsp3) is 0.438. The molecule has 118 valence electrons. The number of amides is 1. The van der Waals surface area contributed by atoms with Gasteiger partial charge >= 0.3 is 5.97 Å². The number of hydrogen-bond acceptors (Lipinski definition) is 4. The number of carboxylic acid groups (broad SMARTS) is 1. The highest BCUT2D eigenvalue weighted by Crippen LogP contribution is 2.35. The van der Waals surface area contributed by atoms with Crippen molar-refractivity contribution >= 4 is 17.7 Å². The Morgan fingerprint density at radius 1 is 1.23 bits per heavy atom. The quantitative estimate of drug-likeness (QED) is 0.564. The van der Waals surface area contributed by atoms with Crippen molar-refractivity contribution in [3.05, 3.63) is 29.8 Å². The Balaban J connectivity index is 1.67. The molecule has 2 N–H and O–H groups in total.